The molecule has 1 heterocycles. The minimum Gasteiger partial charge on any atom is -0.493 e. The number of nitrogens with zero attached hydrogens (tertiary/aromatic N) is 2. The quantitative estimate of drug-likeness (QED) is 0.686. The molecule has 7 heteroatoms. The van der Waals surface area contributed by atoms with E-state index >= 15 is 0 Å². The molecule has 1 saturated heterocycles. The molecule has 0 aliphatic carbocycles. The van der Waals surface area contributed by atoms with Gasteiger partial charge in [0, 0.05) is 43.5 Å². The first kappa shape index (κ1) is 20.6. The van der Waals surface area contributed by atoms with Crippen molar-refractivity contribution in [3.63, 3.8) is 0 Å². The van der Waals surface area contributed by atoms with Crippen LogP contribution in [0, 0.1) is 6.92 Å². The van der Waals surface area contributed by atoms with Gasteiger partial charge in [-0.15, -0.1) is 0 Å². The van der Waals surface area contributed by atoms with Crippen molar-refractivity contribution in [1.82, 2.24) is 4.90 Å². The van der Waals surface area contributed by atoms with Gasteiger partial charge in [-0.3, -0.25) is 4.79 Å². The van der Waals surface area contributed by atoms with E-state index in [1.807, 2.05) is 12.1 Å². The molecule has 1 fully saturated rings. The molecule has 2 aromatic rings. The number of benzene rings is 2. The first-order valence-electron chi connectivity index (χ1n) is 9.39. The summed E-state index contributed by atoms with van der Waals surface area (Å²) in [5, 5.41) is 0. The van der Waals surface area contributed by atoms with Gasteiger partial charge in [-0.2, -0.15) is 8.78 Å². The van der Waals surface area contributed by atoms with Crippen molar-refractivity contribution in [3.8, 4) is 11.5 Å². The molecule has 1 amide bonds. The van der Waals surface area contributed by atoms with E-state index in [0.29, 0.717) is 18.7 Å². The molecule has 0 spiro atoms. The number of carbonyl (C=O) groups is 1. The lowest BCUT2D eigenvalue weighted by molar-refractivity contribution is -0.126. The van der Waals surface area contributed by atoms with E-state index in [1.165, 1.54) is 36.6 Å². The summed E-state index contributed by atoms with van der Waals surface area (Å²) in [6.07, 6.45) is 2.87. The van der Waals surface area contributed by atoms with E-state index in [1.54, 1.807) is 17.0 Å². The zero-order chi connectivity index (χ0) is 20.8. The third-order valence-electron chi connectivity index (χ3n) is 4.89. The summed E-state index contributed by atoms with van der Waals surface area (Å²) in [6.45, 7) is 1.75. The van der Waals surface area contributed by atoms with Crippen LogP contribution in [-0.4, -0.2) is 50.7 Å². The highest BCUT2D eigenvalue weighted by molar-refractivity contribution is 5.92. The van der Waals surface area contributed by atoms with Crippen LogP contribution in [0.1, 0.15) is 11.1 Å². The molecule has 3 rings (SSSR count). The molecule has 29 heavy (non-hydrogen) atoms. The number of aryl methyl sites for hydroxylation is 1. The molecule has 0 atom stereocenters. The summed E-state index contributed by atoms with van der Waals surface area (Å²) in [6, 6.07) is 13.0. The Kier molecular flexibility index (Phi) is 6.69. The van der Waals surface area contributed by atoms with Crippen LogP contribution < -0.4 is 14.4 Å². The zero-order valence-electron chi connectivity index (χ0n) is 16.5. The highest BCUT2D eigenvalue weighted by Gasteiger charge is 2.21. The zero-order valence-corrected chi connectivity index (χ0v) is 16.5. The number of halogens is 2. The second-order valence-corrected chi connectivity index (χ2v) is 6.69. The molecule has 5 nitrogen and oxygen atoms in total. The van der Waals surface area contributed by atoms with Crippen LogP contribution >= 0.6 is 0 Å². The highest BCUT2D eigenvalue weighted by Crippen LogP contribution is 2.33. The highest BCUT2D eigenvalue weighted by atomic mass is 19.3. The topological polar surface area (TPSA) is 42.0 Å². The summed E-state index contributed by atoms with van der Waals surface area (Å²) in [4.78, 5) is 16.6. The third-order valence-corrected chi connectivity index (χ3v) is 4.89. The van der Waals surface area contributed by atoms with Crippen LogP contribution in [0.3, 0.4) is 0 Å². The number of hydrogen-bond acceptors (Lipinski definition) is 4. The smallest absolute Gasteiger partial charge is 0.387 e. The minimum absolute atomic E-state index is 0.0848. The lowest BCUT2D eigenvalue weighted by atomic mass is 10.1. The summed E-state index contributed by atoms with van der Waals surface area (Å²) in [5.74, 6) is -0.0644. The van der Waals surface area contributed by atoms with E-state index in [9.17, 15) is 13.6 Å². The SMILES string of the molecule is COc1cccc(/C=C/C(=O)N2CCN(c3ccccc3C)CC2)c1OC(F)F. The average Bonchev–Trinajstić information content (AvgIpc) is 2.73. The number of ether oxygens (including phenoxy) is 2. The Bertz CT molecular complexity index is 878. The van der Waals surface area contributed by atoms with Gasteiger partial charge in [0.25, 0.3) is 0 Å². The van der Waals surface area contributed by atoms with Crippen molar-refractivity contribution in [2.45, 2.75) is 13.5 Å². The van der Waals surface area contributed by atoms with Crippen LogP contribution in [-0.2, 0) is 4.79 Å². The number of rotatable bonds is 6. The lowest BCUT2D eigenvalue weighted by Crippen LogP contribution is -2.48. The maximum atomic E-state index is 12.7. The van der Waals surface area contributed by atoms with Crippen LogP contribution in [0.5, 0.6) is 11.5 Å². The number of amides is 1. The Morgan fingerprint density at radius 2 is 1.79 bits per heavy atom. The van der Waals surface area contributed by atoms with E-state index in [4.69, 9.17) is 4.74 Å². The van der Waals surface area contributed by atoms with Gasteiger partial charge in [0.15, 0.2) is 11.5 Å². The molecule has 2 aromatic carbocycles. The molecular weight excluding hydrogens is 378 g/mol. The van der Waals surface area contributed by atoms with Crippen LogP contribution in [0.2, 0.25) is 0 Å². The molecule has 0 aromatic heterocycles. The predicted molar refractivity (Wildman–Crippen MR) is 109 cm³/mol. The van der Waals surface area contributed by atoms with Gasteiger partial charge in [-0.05, 0) is 30.7 Å². The fraction of sp³-hybridized carbons (Fsp3) is 0.318. The summed E-state index contributed by atoms with van der Waals surface area (Å²) in [7, 11) is 1.38. The Balaban J connectivity index is 1.66. The molecule has 154 valence electrons. The van der Waals surface area contributed by atoms with Gasteiger partial charge < -0.3 is 19.3 Å². The first-order chi connectivity index (χ1) is 14.0. The molecule has 0 saturated carbocycles. The van der Waals surface area contributed by atoms with E-state index in [0.717, 1.165) is 13.1 Å². The number of methoxy groups -OCH3 is 1. The van der Waals surface area contributed by atoms with Gasteiger partial charge >= 0.3 is 6.61 Å². The number of carbonyl (C=O) groups excluding carboxylic acids is 1. The Morgan fingerprint density at radius 3 is 2.45 bits per heavy atom. The third kappa shape index (κ3) is 5.04. The maximum absolute atomic E-state index is 12.7. The molecular formula is C22H24F2N2O3. The van der Waals surface area contributed by atoms with Crippen LogP contribution in [0.25, 0.3) is 6.08 Å². The van der Waals surface area contributed by atoms with Crippen molar-refractivity contribution >= 4 is 17.7 Å². The molecule has 0 unspecified atom stereocenters. The van der Waals surface area contributed by atoms with E-state index < -0.39 is 6.61 Å². The van der Waals surface area contributed by atoms with E-state index in [-0.39, 0.29) is 17.4 Å². The number of para-hydroxylation sites is 2. The Labute approximate surface area is 169 Å². The van der Waals surface area contributed by atoms with Gasteiger partial charge in [-0.1, -0.05) is 30.3 Å². The number of alkyl halides is 2. The Morgan fingerprint density at radius 1 is 1.07 bits per heavy atom. The fourth-order valence-corrected chi connectivity index (χ4v) is 3.39. The monoisotopic (exact) mass is 402 g/mol. The van der Waals surface area contributed by atoms with Crippen molar-refractivity contribution in [3.05, 3.63) is 59.7 Å². The van der Waals surface area contributed by atoms with Gasteiger partial charge in [0.2, 0.25) is 5.91 Å². The number of hydrogen-bond donors (Lipinski definition) is 0. The normalized spacial score (nSPS) is 14.5. The van der Waals surface area contributed by atoms with Gasteiger partial charge in [0.05, 0.1) is 7.11 Å². The van der Waals surface area contributed by atoms with Crippen LogP contribution in [0.15, 0.2) is 48.5 Å². The van der Waals surface area contributed by atoms with E-state index in [2.05, 4.69) is 28.7 Å². The van der Waals surface area contributed by atoms with Crippen molar-refractivity contribution in [2.75, 3.05) is 38.2 Å². The Hall–Kier alpha value is -3.09. The molecule has 0 N–H and O–H groups in total. The minimum atomic E-state index is -2.98. The molecule has 0 radical (unpaired) electrons. The molecule has 1 aliphatic rings. The summed E-state index contributed by atoms with van der Waals surface area (Å²) in [5.41, 5.74) is 2.74. The van der Waals surface area contributed by atoms with Gasteiger partial charge in [0.1, 0.15) is 0 Å². The average molecular weight is 402 g/mol. The molecule has 0 bridgehead atoms. The fourth-order valence-electron chi connectivity index (χ4n) is 3.39. The van der Waals surface area contributed by atoms with Crippen molar-refractivity contribution < 1.29 is 23.0 Å². The second-order valence-electron chi connectivity index (χ2n) is 6.69. The second kappa shape index (κ2) is 9.41. The van der Waals surface area contributed by atoms with Gasteiger partial charge in [-0.25, -0.2) is 0 Å². The van der Waals surface area contributed by atoms with Crippen molar-refractivity contribution in [2.24, 2.45) is 0 Å². The van der Waals surface area contributed by atoms with Crippen LogP contribution in [0.4, 0.5) is 14.5 Å². The number of piperazine rings is 1. The maximum Gasteiger partial charge on any atom is 0.387 e. The predicted octanol–water partition coefficient (Wildman–Crippen LogP) is 3.97. The largest absolute Gasteiger partial charge is 0.493 e. The van der Waals surface area contributed by atoms with Crippen molar-refractivity contribution in [1.29, 1.82) is 0 Å². The first-order valence-corrected chi connectivity index (χ1v) is 9.39. The summed E-state index contributed by atoms with van der Waals surface area (Å²) < 4.78 is 35.1. The number of anilines is 1. The summed E-state index contributed by atoms with van der Waals surface area (Å²) >= 11 is 0. The molecule has 1 aliphatic heterocycles. The lowest BCUT2D eigenvalue weighted by Gasteiger charge is -2.36. The standard InChI is InChI=1S/C22H24F2N2O3/c1-16-6-3-4-8-18(16)25-12-14-26(15-13-25)20(27)11-10-17-7-5-9-19(28-2)21(17)29-22(23)24/h3-11,22H,12-15H2,1-2H3/b11-10+.